The smallest absolute Gasteiger partial charge is 0.258 e. The highest BCUT2D eigenvalue weighted by molar-refractivity contribution is 7.15. The van der Waals surface area contributed by atoms with E-state index in [1.807, 2.05) is 73.9 Å². The molecule has 16 nitrogen and oxygen atoms in total. The Labute approximate surface area is 441 Å². The number of nitrogens with zero attached hydrogens (tertiary/aromatic N) is 6. The molecular weight excluding hydrogens is 1010 g/mol. The number of rotatable bonds is 15. The molecule has 0 bridgehead atoms. The average molecular weight is 1060 g/mol. The molecule has 1 saturated heterocycles. The van der Waals surface area contributed by atoms with E-state index in [1.54, 1.807) is 49.0 Å². The van der Waals surface area contributed by atoms with Gasteiger partial charge in [-0.2, -0.15) is 0 Å². The van der Waals surface area contributed by atoms with Gasteiger partial charge in [-0.1, -0.05) is 68.8 Å². The lowest BCUT2D eigenvalue weighted by Gasteiger charge is -2.36. The predicted molar refractivity (Wildman–Crippen MR) is 282 cm³/mol. The molecule has 2 aliphatic heterocycles. The molecule has 6 aromatic rings. The van der Waals surface area contributed by atoms with Crippen molar-refractivity contribution in [3.63, 3.8) is 0 Å². The van der Waals surface area contributed by atoms with Gasteiger partial charge in [-0.15, -0.1) is 32.9 Å². The minimum absolute atomic E-state index is 0.0248. The van der Waals surface area contributed by atoms with Crippen LogP contribution in [0.3, 0.4) is 0 Å². The van der Waals surface area contributed by atoms with Crippen LogP contribution in [0.5, 0.6) is 11.5 Å². The van der Waals surface area contributed by atoms with Crippen molar-refractivity contribution in [3.05, 3.63) is 128 Å². The Kier molecular flexibility index (Phi) is 15.1. The van der Waals surface area contributed by atoms with Crippen molar-refractivity contribution in [1.82, 2.24) is 40.6 Å². The van der Waals surface area contributed by atoms with Crippen LogP contribution in [0.1, 0.15) is 110 Å². The van der Waals surface area contributed by atoms with Gasteiger partial charge in [-0.25, -0.2) is 9.37 Å². The van der Waals surface area contributed by atoms with E-state index in [9.17, 15) is 28.7 Å². The van der Waals surface area contributed by atoms with E-state index in [1.165, 1.54) is 17.0 Å². The number of halogens is 2. The summed E-state index contributed by atoms with van der Waals surface area (Å²) in [5.41, 5.74) is 7.51. The van der Waals surface area contributed by atoms with Crippen molar-refractivity contribution in [2.75, 3.05) is 13.2 Å². The lowest BCUT2D eigenvalue weighted by Crippen LogP contribution is -2.58. The molecule has 3 aromatic carbocycles. The first kappa shape index (κ1) is 52.3. The van der Waals surface area contributed by atoms with Gasteiger partial charge in [-0.05, 0) is 68.9 Å². The Morgan fingerprint density at radius 1 is 0.919 bits per heavy atom. The molecule has 5 heterocycles. The molecule has 1 unspecified atom stereocenters. The zero-order valence-electron chi connectivity index (χ0n) is 42.4. The molecule has 4 amide bonds. The standard InChI is InChI=1S/C54H59ClFN9O7S2/c1-27-30(4)74-53-46(27)47(33-13-15-35(55)16-14-33)60-42(50-63-62-31(5)65(50)53)23-44(67)59-37-19-41(20-37)72-40-18-36(56)17-39(22-40)71-25-45(68)61-49(54(6,7)8)52(70)64-24-38(66)21-43(64)51(69)58-28(2)32-9-11-34(12-10-32)48-29(3)57-26-73-48/h9-18,22,26,28,37-38,41-43,49,66H,19-21,23-25H2,1-8H3,(H,58,69)(H,59,67)(H,61,68)/t28-,37-,38+,41-,42-,43-,49?/m0/s1. The minimum atomic E-state index is -1.10. The second-order valence-corrected chi connectivity index (χ2v) is 22.9. The van der Waals surface area contributed by atoms with Crippen molar-refractivity contribution in [2.24, 2.45) is 10.4 Å². The van der Waals surface area contributed by atoms with Crippen LogP contribution in [-0.4, -0.2) is 103 Å². The molecule has 74 heavy (non-hydrogen) atoms. The Morgan fingerprint density at radius 2 is 1.62 bits per heavy atom. The fraction of sp³-hybridized carbons (Fsp3) is 0.407. The predicted octanol–water partition coefficient (Wildman–Crippen LogP) is 8.24. The lowest BCUT2D eigenvalue weighted by molar-refractivity contribution is -0.144. The van der Waals surface area contributed by atoms with E-state index < -0.39 is 65.8 Å². The summed E-state index contributed by atoms with van der Waals surface area (Å²) in [5.74, 6) is -0.983. The van der Waals surface area contributed by atoms with Gasteiger partial charge in [0, 0.05) is 71.1 Å². The van der Waals surface area contributed by atoms with Gasteiger partial charge < -0.3 is 35.4 Å². The maximum absolute atomic E-state index is 15.0. The van der Waals surface area contributed by atoms with Crippen LogP contribution >= 0.6 is 34.3 Å². The number of β-amino-alcohol motifs (C(OH)–C–C–N with tert-alkyl or cyclic N) is 1. The van der Waals surface area contributed by atoms with Gasteiger partial charge >= 0.3 is 0 Å². The summed E-state index contributed by atoms with van der Waals surface area (Å²) in [6.45, 7) is 14.5. The van der Waals surface area contributed by atoms with E-state index in [0.29, 0.717) is 29.5 Å². The second kappa shape index (κ2) is 21.4. The van der Waals surface area contributed by atoms with Crippen LogP contribution in [0.15, 0.2) is 77.2 Å². The first-order valence-electron chi connectivity index (χ1n) is 24.5. The minimum Gasteiger partial charge on any atom is -0.490 e. The third-order valence-electron chi connectivity index (χ3n) is 13.8. The summed E-state index contributed by atoms with van der Waals surface area (Å²) in [6, 6.07) is 15.9. The molecule has 0 spiro atoms. The number of hydrogen-bond acceptors (Lipinski definition) is 13. The number of nitrogens with one attached hydrogen (secondary N) is 3. The van der Waals surface area contributed by atoms with Crippen molar-refractivity contribution in [2.45, 2.75) is 123 Å². The molecular formula is C54H59ClFN9O7S2. The fourth-order valence-corrected chi connectivity index (χ4v) is 11.8. The summed E-state index contributed by atoms with van der Waals surface area (Å²) in [7, 11) is 0. The number of carbonyl (C=O) groups is 4. The molecule has 1 saturated carbocycles. The van der Waals surface area contributed by atoms with Crippen molar-refractivity contribution < 1.29 is 38.1 Å². The number of amides is 4. The van der Waals surface area contributed by atoms with Crippen LogP contribution in [0.2, 0.25) is 5.02 Å². The normalized spacial score (nSPS) is 20.0. The Hall–Kier alpha value is -6.54. The molecule has 3 aromatic heterocycles. The molecule has 4 N–H and O–H groups in total. The number of aliphatic imine (C=N–C) groups is 1. The largest absolute Gasteiger partial charge is 0.490 e. The van der Waals surface area contributed by atoms with Crippen molar-refractivity contribution >= 4 is 63.6 Å². The van der Waals surface area contributed by atoms with Gasteiger partial charge in [0.05, 0.1) is 40.4 Å². The van der Waals surface area contributed by atoms with Gasteiger partial charge in [0.1, 0.15) is 52.4 Å². The highest BCUT2D eigenvalue weighted by Gasteiger charge is 2.45. The number of likely N-dealkylation sites (tertiary alicyclic amines) is 1. The van der Waals surface area contributed by atoms with Crippen molar-refractivity contribution in [1.29, 1.82) is 0 Å². The Bertz CT molecular complexity index is 3130. The van der Waals surface area contributed by atoms with Gasteiger partial charge in [0.2, 0.25) is 17.7 Å². The highest BCUT2D eigenvalue weighted by atomic mass is 35.5. The Morgan fingerprint density at radius 3 is 2.31 bits per heavy atom. The number of ether oxygens (including phenoxy) is 2. The number of fused-ring (bicyclic) bond motifs is 3. The Balaban J connectivity index is 0.779. The van der Waals surface area contributed by atoms with E-state index in [4.69, 9.17) is 26.1 Å². The topological polar surface area (TPSA) is 202 Å². The zero-order chi connectivity index (χ0) is 52.7. The van der Waals surface area contributed by atoms with Gasteiger partial charge in [0.25, 0.3) is 5.91 Å². The van der Waals surface area contributed by atoms with Crippen LogP contribution in [0.25, 0.3) is 15.4 Å². The number of benzene rings is 3. The van der Waals surface area contributed by atoms with E-state index in [0.717, 1.165) is 60.0 Å². The maximum Gasteiger partial charge on any atom is 0.258 e. The van der Waals surface area contributed by atoms with Gasteiger partial charge in [-0.3, -0.25) is 28.7 Å². The maximum atomic E-state index is 15.0. The first-order chi connectivity index (χ1) is 35.2. The molecule has 0 radical (unpaired) electrons. The zero-order valence-corrected chi connectivity index (χ0v) is 44.8. The molecule has 20 heteroatoms. The molecule has 9 rings (SSSR count). The lowest BCUT2D eigenvalue weighted by atomic mass is 9.85. The first-order valence-corrected chi connectivity index (χ1v) is 26.6. The molecule has 3 aliphatic rings. The monoisotopic (exact) mass is 1060 g/mol. The molecule has 388 valence electrons. The summed E-state index contributed by atoms with van der Waals surface area (Å²) in [5, 5.41) is 30.0. The summed E-state index contributed by atoms with van der Waals surface area (Å²) < 4.78 is 28.8. The number of thiazole rings is 1. The molecule has 1 aliphatic carbocycles. The quantitative estimate of drug-likeness (QED) is 0.0776. The van der Waals surface area contributed by atoms with E-state index in [2.05, 4.69) is 45.0 Å². The third-order valence-corrected chi connectivity index (χ3v) is 16.2. The number of aliphatic hydroxyl groups excluding tert-OH is 1. The molecule has 5 atom stereocenters. The highest BCUT2D eigenvalue weighted by Crippen LogP contribution is 2.40. The van der Waals surface area contributed by atoms with E-state index >= 15 is 0 Å². The fourth-order valence-electron chi connectivity index (χ4n) is 9.62. The number of hydrogen-bond donors (Lipinski definition) is 4. The van der Waals surface area contributed by atoms with Crippen LogP contribution in [-0.2, 0) is 19.2 Å². The SMILES string of the molecule is Cc1ncsc1-c1ccc([C@H](C)NC(=O)[C@@H]2C[C@@H](O)CN2C(=O)C(NC(=O)COc2cc(F)cc(O[C@H]3C[C@H](NC(=O)C[C@@H]4N=C(c5ccc(Cl)cc5)c5c(sc(C)c5C)-n5c(C)nnc54)C3)c2)C(C)(C)C)cc1. The van der Waals surface area contributed by atoms with Crippen LogP contribution in [0, 0.1) is 38.9 Å². The number of aliphatic hydroxyl groups is 1. The summed E-state index contributed by atoms with van der Waals surface area (Å²) in [4.78, 5) is 68.2. The van der Waals surface area contributed by atoms with Crippen LogP contribution < -0.4 is 25.4 Å². The van der Waals surface area contributed by atoms with Crippen molar-refractivity contribution in [3.8, 4) is 26.9 Å². The van der Waals surface area contributed by atoms with Gasteiger partial charge in [0.15, 0.2) is 12.4 Å². The third kappa shape index (κ3) is 11.3. The second-order valence-electron chi connectivity index (χ2n) is 20.4. The number of thiophene rings is 1. The molecule has 2 fully saturated rings. The number of carbonyl (C=O) groups excluding carboxylic acids is 4. The van der Waals surface area contributed by atoms with E-state index in [-0.39, 0.29) is 48.9 Å². The van der Waals surface area contributed by atoms with Crippen LogP contribution in [0.4, 0.5) is 4.39 Å². The average Bonchev–Trinajstić information content (AvgIpc) is 4.11. The summed E-state index contributed by atoms with van der Waals surface area (Å²) in [6.07, 6.45) is -0.280. The number of aromatic nitrogens is 4. The number of aryl methyl sites for hydroxylation is 3. The summed E-state index contributed by atoms with van der Waals surface area (Å²) >= 11 is 9.45.